The lowest BCUT2D eigenvalue weighted by Gasteiger charge is -2.10. The molecular formula is C23H17FN2OS. The highest BCUT2D eigenvalue weighted by atomic mass is 32.1. The topological polar surface area (TPSA) is 42.0 Å². The van der Waals surface area contributed by atoms with E-state index in [9.17, 15) is 9.18 Å². The predicted octanol–water partition coefficient (Wildman–Crippen LogP) is 6.18. The fraction of sp³-hybridized carbons (Fsp3) is 0.0435. The van der Waals surface area contributed by atoms with Gasteiger partial charge in [-0.2, -0.15) is 0 Å². The van der Waals surface area contributed by atoms with Gasteiger partial charge in [-0.1, -0.05) is 48.0 Å². The zero-order chi connectivity index (χ0) is 19.5. The van der Waals surface area contributed by atoms with E-state index in [2.05, 4.69) is 10.3 Å². The van der Waals surface area contributed by atoms with Crippen molar-refractivity contribution in [3.63, 3.8) is 0 Å². The Kier molecular flexibility index (Phi) is 5.00. The summed E-state index contributed by atoms with van der Waals surface area (Å²) in [5.74, 6) is -0.485. The zero-order valence-electron chi connectivity index (χ0n) is 15.1. The summed E-state index contributed by atoms with van der Waals surface area (Å²) in [6.45, 7) is 1.98. The smallest absolute Gasteiger partial charge is 0.255 e. The summed E-state index contributed by atoms with van der Waals surface area (Å²) in [5.41, 5.74) is 4.31. The molecule has 0 fully saturated rings. The first-order valence-corrected chi connectivity index (χ1v) is 9.67. The molecule has 5 heteroatoms. The highest BCUT2D eigenvalue weighted by molar-refractivity contribution is 7.13. The van der Waals surface area contributed by atoms with Crippen molar-refractivity contribution in [2.24, 2.45) is 0 Å². The Labute approximate surface area is 166 Å². The average Bonchev–Trinajstić information content (AvgIpc) is 3.19. The number of amides is 1. The van der Waals surface area contributed by atoms with E-state index in [0.717, 1.165) is 11.1 Å². The molecule has 0 unspecified atom stereocenters. The molecule has 0 aliphatic rings. The highest BCUT2D eigenvalue weighted by Crippen LogP contribution is 2.33. The molecule has 0 aliphatic carbocycles. The summed E-state index contributed by atoms with van der Waals surface area (Å²) in [5, 5.41) is 5.43. The average molecular weight is 388 g/mol. The molecule has 3 aromatic carbocycles. The van der Waals surface area contributed by atoms with Gasteiger partial charge < -0.3 is 5.32 Å². The maximum absolute atomic E-state index is 14.1. The summed E-state index contributed by atoms with van der Waals surface area (Å²) in [6.07, 6.45) is 0. The van der Waals surface area contributed by atoms with Crippen molar-refractivity contribution in [3.05, 3.63) is 95.1 Å². The molecule has 1 N–H and O–H groups in total. The molecule has 0 bridgehead atoms. The quantitative estimate of drug-likeness (QED) is 0.454. The number of benzene rings is 3. The summed E-state index contributed by atoms with van der Waals surface area (Å²) in [6, 6.07) is 21.5. The molecule has 0 atom stereocenters. The van der Waals surface area contributed by atoms with Crippen molar-refractivity contribution >= 4 is 22.9 Å². The molecule has 28 heavy (non-hydrogen) atoms. The van der Waals surface area contributed by atoms with Crippen molar-refractivity contribution < 1.29 is 9.18 Å². The van der Waals surface area contributed by atoms with Gasteiger partial charge in [0.2, 0.25) is 0 Å². The van der Waals surface area contributed by atoms with Gasteiger partial charge >= 0.3 is 0 Å². The van der Waals surface area contributed by atoms with Gasteiger partial charge in [0.1, 0.15) is 10.8 Å². The minimum atomic E-state index is -0.302. The second-order valence-electron chi connectivity index (χ2n) is 6.38. The van der Waals surface area contributed by atoms with Gasteiger partial charge in [0.15, 0.2) is 0 Å². The Hall–Kier alpha value is -3.31. The predicted molar refractivity (Wildman–Crippen MR) is 112 cm³/mol. The first-order valence-electron chi connectivity index (χ1n) is 8.79. The lowest BCUT2D eigenvalue weighted by Crippen LogP contribution is -2.12. The van der Waals surface area contributed by atoms with Crippen LogP contribution in [0.4, 0.5) is 10.1 Å². The van der Waals surface area contributed by atoms with Gasteiger partial charge in [-0.05, 0) is 37.3 Å². The van der Waals surface area contributed by atoms with Gasteiger partial charge in [-0.25, -0.2) is 9.37 Å². The Bertz CT molecular complexity index is 1140. The first kappa shape index (κ1) is 18.1. The highest BCUT2D eigenvalue weighted by Gasteiger charge is 2.14. The number of halogens is 1. The van der Waals surface area contributed by atoms with Crippen molar-refractivity contribution in [2.45, 2.75) is 6.92 Å². The molecule has 1 aromatic heterocycles. The van der Waals surface area contributed by atoms with E-state index >= 15 is 0 Å². The lowest BCUT2D eigenvalue weighted by atomic mass is 10.1. The third-order valence-electron chi connectivity index (χ3n) is 4.37. The first-order chi connectivity index (χ1) is 13.6. The molecular weight excluding hydrogens is 371 g/mol. The Morgan fingerprint density at radius 1 is 0.929 bits per heavy atom. The van der Waals surface area contributed by atoms with Crippen molar-refractivity contribution in [1.29, 1.82) is 0 Å². The van der Waals surface area contributed by atoms with E-state index in [1.54, 1.807) is 30.3 Å². The molecule has 4 aromatic rings. The summed E-state index contributed by atoms with van der Waals surface area (Å²) >= 11 is 1.37. The minimum Gasteiger partial charge on any atom is -0.321 e. The molecule has 0 saturated heterocycles. The van der Waals surface area contributed by atoms with Crippen molar-refractivity contribution in [2.75, 3.05) is 5.32 Å². The van der Waals surface area contributed by atoms with Crippen molar-refractivity contribution in [3.8, 4) is 21.8 Å². The summed E-state index contributed by atoms with van der Waals surface area (Å²) in [7, 11) is 0. The van der Waals surface area contributed by atoms with E-state index in [-0.39, 0.29) is 11.7 Å². The molecule has 3 nitrogen and oxygen atoms in total. The van der Waals surface area contributed by atoms with Gasteiger partial charge in [0.25, 0.3) is 5.91 Å². The van der Waals surface area contributed by atoms with Crippen LogP contribution in [0, 0.1) is 12.7 Å². The Balaban J connectivity index is 1.64. The molecule has 0 radical (unpaired) electrons. The maximum atomic E-state index is 14.1. The van der Waals surface area contributed by atoms with Gasteiger partial charge in [0, 0.05) is 22.1 Å². The fourth-order valence-electron chi connectivity index (χ4n) is 2.87. The zero-order valence-corrected chi connectivity index (χ0v) is 16.0. The van der Waals surface area contributed by atoms with Crippen molar-refractivity contribution in [1.82, 2.24) is 4.98 Å². The number of aryl methyl sites for hydroxylation is 1. The van der Waals surface area contributed by atoms with E-state index in [0.29, 0.717) is 27.5 Å². The van der Waals surface area contributed by atoms with Crippen LogP contribution in [0.25, 0.3) is 21.8 Å². The number of carbonyl (C=O) groups is 1. The molecule has 138 valence electrons. The number of nitrogens with zero attached hydrogens (tertiary/aromatic N) is 1. The van der Waals surface area contributed by atoms with E-state index in [1.807, 2.05) is 48.7 Å². The van der Waals surface area contributed by atoms with Gasteiger partial charge in [0.05, 0.1) is 11.4 Å². The Morgan fingerprint density at radius 2 is 1.61 bits per heavy atom. The molecule has 1 amide bonds. The largest absolute Gasteiger partial charge is 0.321 e. The standard InChI is InChI=1S/C23H17FN2OS/c1-15-10-12-16(13-11-15)22(27)25-20-9-5-3-7-18(20)21-14-28-23(26-21)17-6-2-4-8-19(17)24/h2-14H,1H3,(H,25,27). The van der Waals surface area contributed by atoms with Crippen LogP contribution >= 0.6 is 11.3 Å². The number of hydrogen-bond acceptors (Lipinski definition) is 3. The SMILES string of the molecule is Cc1ccc(C(=O)Nc2ccccc2-c2csc(-c3ccccc3F)n2)cc1. The fourth-order valence-corrected chi connectivity index (χ4v) is 3.72. The lowest BCUT2D eigenvalue weighted by molar-refractivity contribution is 0.102. The van der Waals surface area contributed by atoms with Crippen LogP contribution in [0.15, 0.2) is 78.2 Å². The number of hydrogen-bond donors (Lipinski definition) is 1. The second-order valence-corrected chi connectivity index (χ2v) is 7.24. The third kappa shape index (κ3) is 3.70. The number of rotatable bonds is 4. The number of nitrogens with one attached hydrogen (secondary N) is 1. The molecule has 0 aliphatic heterocycles. The van der Waals surface area contributed by atoms with Crippen LogP contribution in [-0.4, -0.2) is 10.9 Å². The van der Waals surface area contributed by atoms with Crippen LogP contribution < -0.4 is 5.32 Å². The van der Waals surface area contributed by atoms with E-state index in [4.69, 9.17) is 0 Å². The number of anilines is 1. The number of aromatic nitrogens is 1. The third-order valence-corrected chi connectivity index (χ3v) is 5.25. The van der Waals surface area contributed by atoms with Gasteiger partial charge in [-0.3, -0.25) is 4.79 Å². The van der Waals surface area contributed by atoms with Crippen LogP contribution in [0.5, 0.6) is 0 Å². The van der Waals surface area contributed by atoms with Gasteiger partial charge in [-0.15, -0.1) is 11.3 Å². The van der Waals surface area contributed by atoms with E-state index < -0.39 is 0 Å². The van der Waals surface area contributed by atoms with Crippen LogP contribution in [0.2, 0.25) is 0 Å². The monoisotopic (exact) mass is 388 g/mol. The summed E-state index contributed by atoms with van der Waals surface area (Å²) in [4.78, 5) is 17.2. The van der Waals surface area contributed by atoms with Crippen LogP contribution in [0.3, 0.4) is 0 Å². The molecule has 1 heterocycles. The Morgan fingerprint density at radius 3 is 2.36 bits per heavy atom. The molecule has 4 rings (SSSR count). The molecule has 0 spiro atoms. The number of carbonyl (C=O) groups excluding carboxylic acids is 1. The number of thiazole rings is 1. The normalized spacial score (nSPS) is 10.6. The second kappa shape index (κ2) is 7.74. The maximum Gasteiger partial charge on any atom is 0.255 e. The van der Waals surface area contributed by atoms with Crippen LogP contribution in [0.1, 0.15) is 15.9 Å². The van der Waals surface area contributed by atoms with Crippen LogP contribution in [-0.2, 0) is 0 Å². The van der Waals surface area contributed by atoms with E-state index in [1.165, 1.54) is 17.4 Å². The summed E-state index contributed by atoms with van der Waals surface area (Å²) < 4.78 is 14.1. The minimum absolute atomic E-state index is 0.183. The number of para-hydroxylation sites is 1. The molecule has 0 saturated carbocycles.